The Kier molecular flexibility index (Phi) is 3.36. The molecule has 2 heterocycles. The van der Waals surface area contributed by atoms with Crippen molar-refractivity contribution in [2.75, 3.05) is 24.3 Å². The SMILES string of the molecule is Cc1noc(C)c1-c1ccc(N[C@H]2CCOC2)c(N)c1. The van der Waals surface area contributed by atoms with Crippen LogP contribution in [0.25, 0.3) is 11.1 Å². The second-order valence-corrected chi connectivity index (χ2v) is 5.21. The van der Waals surface area contributed by atoms with Crippen molar-refractivity contribution in [2.24, 2.45) is 0 Å². The molecule has 0 amide bonds. The number of nitrogen functional groups attached to an aromatic ring is 1. The van der Waals surface area contributed by atoms with Crippen LogP contribution in [-0.2, 0) is 4.74 Å². The van der Waals surface area contributed by atoms with Gasteiger partial charge in [0.1, 0.15) is 5.76 Å². The molecule has 0 radical (unpaired) electrons. The lowest BCUT2D eigenvalue weighted by Gasteiger charge is -2.15. The first-order valence-corrected chi connectivity index (χ1v) is 6.82. The molecule has 2 aromatic rings. The van der Waals surface area contributed by atoms with Crippen LogP contribution in [0.1, 0.15) is 17.9 Å². The highest BCUT2D eigenvalue weighted by molar-refractivity contribution is 5.77. The maximum Gasteiger partial charge on any atom is 0.141 e. The van der Waals surface area contributed by atoms with Gasteiger partial charge in [-0.25, -0.2) is 0 Å². The summed E-state index contributed by atoms with van der Waals surface area (Å²) in [6.45, 7) is 5.40. The lowest BCUT2D eigenvalue weighted by atomic mass is 10.0. The number of hydrogen-bond acceptors (Lipinski definition) is 5. The van der Waals surface area contributed by atoms with Gasteiger partial charge in [0.05, 0.1) is 29.7 Å². The number of nitrogens with one attached hydrogen (secondary N) is 1. The van der Waals surface area contributed by atoms with Crippen LogP contribution in [0.15, 0.2) is 22.7 Å². The molecule has 0 spiro atoms. The van der Waals surface area contributed by atoms with Crippen molar-refractivity contribution in [3.8, 4) is 11.1 Å². The van der Waals surface area contributed by atoms with Crippen molar-refractivity contribution >= 4 is 11.4 Å². The van der Waals surface area contributed by atoms with Gasteiger partial charge in [-0.2, -0.15) is 0 Å². The molecule has 0 saturated carbocycles. The second kappa shape index (κ2) is 5.17. The van der Waals surface area contributed by atoms with Crippen molar-refractivity contribution in [1.82, 2.24) is 5.16 Å². The Labute approximate surface area is 118 Å². The Morgan fingerprint density at radius 2 is 2.20 bits per heavy atom. The molecule has 0 unspecified atom stereocenters. The monoisotopic (exact) mass is 273 g/mol. The Morgan fingerprint density at radius 1 is 1.35 bits per heavy atom. The predicted octanol–water partition coefficient (Wildman–Crippen LogP) is 2.74. The summed E-state index contributed by atoms with van der Waals surface area (Å²) >= 11 is 0. The lowest BCUT2D eigenvalue weighted by molar-refractivity contribution is 0.195. The van der Waals surface area contributed by atoms with Crippen LogP contribution in [0.3, 0.4) is 0 Å². The van der Waals surface area contributed by atoms with E-state index in [0.717, 1.165) is 53.6 Å². The van der Waals surface area contributed by atoms with E-state index in [1.807, 2.05) is 32.0 Å². The standard InChI is InChI=1S/C15H19N3O2/c1-9-15(10(2)20-18-9)11-3-4-14(13(16)7-11)17-12-5-6-19-8-12/h3-4,7,12,17H,5-6,8,16H2,1-2H3/t12-/m0/s1. The minimum absolute atomic E-state index is 0.349. The number of anilines is 2. The van der Waals surface area contributed by atoms with Crippen molar-refractivity contribution in [1.29, 1.82) is 0 Å². The van der Waals surface area contributed by atoms with E-state index in [1.165, 1.54) is 0 Å². The van der Waals surface area contributed by atoms with Crippen LogP contribution >= 0.6 is 0 Å². The Hall–Kier alpha value is -2.01. The summed E-state index contributed by atoms with van der Waals surface area (Å²) in [5, 5.41) is 7.40. The summed E-state index contributed by atoms with van der Waals surface area (Å²) in [6, 6.07) is 6.36. The van der Waals surface area contributed by atoms with Gasteiger partial charge >= 0.3 is 0 Å². The highest BCUT2D eigenvalue weighted by atomic mass is 16.5. The zero-order chi connectivity index (χ0) is 14.1. The van der Waals surface area contributed by atoms with Crippen molar-refractivity contribution < 1.29 is 9.26 Å². The first-order valence-electron chi connectivity index (χ1n) is 6.82. The fraction of sp³-hybridized carbons (Fsp3) is 0.400. The van der Waals surface area contributed by atoms with Gasteiger partial charge in [0.15, 0.2) is 0 Å². The van der Waals surface area contributed by atoms with Gasteiger partial charge in [-0.1, -0.05) is 11.2 Å². The molecule has 1 fully saturated rings. The van der Waals surface area contributed by atoms with E-state index in [2.05, 4.69) is 10.5 Å². The highest BCUT2D eigenvalue weighted by Gasteiger charge is 2.17. The number of nitrogens with two attached hydrogens (primary N) is 1. The number of nitrogens with zero attached hydrogens (tertiary/aromatic N) is 1. The lowest BCUT2D eigenvalue weighted by Crippen LogP contribution is -2.19. The van der Waals surface area contributed by atoms with Crippen LogP contribution in [0, 0.1) is 13.8 Å². The maximum absolute atomic E-state index is 6.15. The average molecular weight is 273 g/mol. The predicted molar refractivity (Wildman–Crippen MR) is 78.7 cm³/mol. The molecule has 5 heteroatoms. The third-order valence-corrected chi connectivity index (χ3v) is 3.66. The highest BCUT2D eigenvalue weighted by Crippen LogP contribution is 2.31. The van der Waals surface area contributed by atoms with E-state index in [4.69, 9.17) is 15.0 Å². The van der Waals surface area contributed by atoms with E-state index >= 15 is 0 Å². The van der Waals surface area contributed by atoms with Gasteiger partial charge in [0.2, 0.25) is 0 Å². The molecule has 0 aliphatic carbocycles. The maximum atomic E-state index is 6.15. The smallest absolute Gasteiger partial charge is 0.141 e. The summed E-state index contributed by atoms with van der Waals surface area (Å²) in [5.74, 6) is 0.812. The molecular formula is C15H19N3O2. The average Bonchev–Trinajstić information content (AvgIpc) is 3.03. The van der Waals surface area contributed by atoms with Crippen LogP contribution < -0.4 is 11.1 Å². The van der Waals surface area contributed by atoms with E-state index in [-0.39, 0.29) is 0 Å². The summed E-state index contributed by atoms with van der Waals surface area (Å²) in [7, 11) is 0. The third kappa shape index (κ3) is 2.36. The quantitative estimate of drug-likeness (QED) is 0.841. The molecule has 5 nitrogen and oxygen atoms in total. The minimum Gasteiger partial charge on any atom is -0.397 e. The first kappa shape index (κ1) is 13.0. The molecule has 1 aromatic carbocycles. The van der Waals surface area contributed by atoms with Crippen molar-refractivity contribution in [3.05, 3.63) is 29.7 Å². The Bertz CT molecular complexity index is 596. The van der Waals surface area contributed by atoms with Gasteiger partial charge in [-0.05, 0) is 38.0 Å². The van der Waals surface area contributed by atoms with Crippen LogP contribution in [0.5, 0.6) is 0 Å². The number of aromatic nitrogens is 1. The van der Waals surface area contributed by atoms with Gasteiger partial charge < -0.3 is 20.3 Å². The number of benzene rings is 1. The normalized spacial score (nSPS) is 18.4. The Morgan fingerprint density at radius 3 is 2.80 bits per heavy atom. The molecule has 1 atom stereocenters. The fourth-order valence-corrected chi connectivity index (χ4v) is 2.61. The fourth-order valence-electron chi connectivity index (χ4n) is 2.61. The molecule has 3 N–H and O–H groups in total. The first-order chi connectivity index (χ1) is 9.65. The number of aryl methyl sites for hydroxylation is 2. The summed E-state index contributed by atoms with van der Waals surface area (Å²) in [5.41, 5.74) is 10.8. The number of ether oxygens (including phenoxy) is 1. The van der Waals surface area contributed by atoms with Gasteiger partial charge in [-0.3, -0.25) is 0 Å². The molecule has 1 saturated heterocycles. The molecule has 3 rings (SSSR count). The largest absolute Gasteiger partial charge is 0.397 e. The second-order valence-electron chi connectivity index (χ2n) is 5.21. The number of hydrogen-bond donors (Lipinski definition) is 2. The van der Waals surface area contributed by atoms with Crippen LogP contribution in [0.2, 0.25) is 0 Å². The third-order valence-electron chi connectivity index (χ3n) is 3.66. The summed E-state index contributed by atoms with van der Waals surface area (Å²) < 4.78 is 10.6. The molecular weight excluding hydrogens is 254 g/mol. The van der Waals surface area contributed by atoms with E-state index in [1.54, 1.807) is 0 Å². The van der Waals surface area contributed by atoms with E-state index in [0.29, 0.717) is 6.04 Å². The minimum atomic E-state index is 0.349. The topological polar surface area (TPSA) is 73.3 Å². The zero-order valence-corrected chi connectivity index (χ0v) is 11.8. The van der Waals surface area contributed by atoms with Gasteiger partial charge in [-0.15, -0.1) is 0 Å². The van der Waals surface area contributed by atoms with Gasteiger partial charge in [0.25, 0.3) is 0 Å². The van der Waals surface area contributed by atoms with Gasteiger partial charge in [0, 0.05) is 12.2 Å². The van der Waals surface area contributed by atoms with Crippen LogP contribution in [0.4, 0.5) is 11.4 Å². The molecule has 1 aromatic heterocycles. The Balaban J connectivity index is 1.87. The molecule has 1 aliphatic rings. The molecule has 20 heavy (non-hydrogen) atoms. The van der Waals surface area contributed by atoms with Crippen molar-refractivity contribution in [3.63, 3.8) is 0 Å². The summed E-state index contributed by atoms with van der Waals surface area (Å²) in [4.78, 5) is 0. The molecule has 0 bridgehead atoms. The van der Waals surface area contributed by atoms with E-state index < -0.39 is 0 Å². The number of rotatable bonds is 3. The van der Waals surface area contributed by atoms with Crippen molar-refractivity contribution in [2.45, 2.75) is 26.3 Å². The molecule has 106 valence electrons. The van der Waals surface area contributed by atoms with E-state index in [9.17, 15) is 0 Å². The van der Waals surface area contributed by atoms with Crippen LogP contribution in [-0.4, -0.2) is 24.4 Å². The summed E-state index contributed by atoms with van der Waals surface area (Å²) in [6.07, 6.45) is 1.02. The molecule has 1 aliphatic heterocycles. The zero-order valence-electron chi connectivity index (χ0n) is 11.8.